The highest BCUT2D eigenvalue weighted by atomic mass is 32.2. The minimum atomic E-state index is -1.51. The summed E-state index contributed by atoms with van der Waals surface area (Å²) >= 11 is 0. The fraction of sp³-hybridized carbons (Fsp3) is 0.744. The van der Waals surface area contributed by atoms with E-state index >= 15 is 0 Å². The molecule has 5 amide bonds. The molecule has 0 spiro atoms. The summed E-state index contributed by atoms with van der Waals surface area (Å²) in [5, 5.41) is 5.63. The minimum Gasteiger partial charge on any atom is -0.379 e. The van der Waals surface area contributed by atoms with Crippen molar-refractivity contribution < 1.29 is 37.7 Å². The van der Waals surface area contributed by atoms with Crippen molar-refractivity contribution >= 4 is 40.5 Å². The Balaban J connectivity index is 0.00000374. The van der Waals surface area contributed by atoms with Crippen LogP contribution in [-0.4, -0.2) is 139 Å². The van der Waals surface area contributed by atoms with Crippen molar-refractivity contribution in [3.05, 3.63) is 35.9 Å². The smallest absolute Gasteiger partial charge is 0.254 e. The molecule has 14 nitrogen and oxygen atoms in total. The Morgan fingerprint density at radius 2 is 1.52 bits per heavy atom. The maximum atomic E-state index is 14.1. The highest BCUT2D eigenvalue weighted by Crippen LogP contribution is 2.30. The molecular formula is C43H74N6O8S. The van der Waals surface area contributed by atoms with E-state index < -0.39 is 59.1 Å². The molecule has 2 fully saturated rings. The molecule has 3 rings (SSSR count). The summed E-state index contributed by atoms with van der Waals surface area (Å²) in [5.41, 5.74) is 0.841. The van der Waals surface area contributed by atoms with Crippen LogP contribution in [0.5, 0.6) is 0 Å². The summed E-state index contributed by atoms with van der Waals surface area (Å²) in [5.74, 6) is -2.33. The lowest BCUT2D eigenvalue weighted by molar-refractivity contribution is -0.146. The molecule has 3 N–H and O–H groups in total. The van der Waals surface area contributed by atoms with Crippen molar-refractivity contribution in [2.45, 2.75) is 141 Å². The van der Waals surface area contributed by atoms with Gasteiger partial charge in [0.25, 0.3) is 5.91 Å². The summed E-state index contributed by atoms with van der Waals surface area (Å²) in [6, 6.07) is 7.10. The lowest BCUT2D eigenvalue weighted by Crippen LogP contribution is -2.56. The largest absolute Gasteiger partial charge is 0.379 e. The zero-order chi connectivity index (χ0) is 43.7. The summed E-state index contributed by atoms with van der Waals surface area (Å²) in [7, 11) is 6.88. The van der Waals surface area contributed by atoms with Crippen LogP contribution < -0.4 is 15.4 Å². The van der Waals surface area contributed by atoms with Crippen LogP contribution >= 0.6 is 0 Å². The molecule has 330 valence electrons. The van der Waals surface area contributed by atoms with E-state index in [1.165, 1.54) is 20.6 Å². The van der Waals surface area contributed by atoms with Crippen molar-refractivity contribution in [2.75, 3.05) is 48.5 Å². The maximum Gasteiger partial charge on any atom is 0.254 e. The summed E-state index contributed by atoms with van der Waals surface area (Å²) in [6.45, 7) is 14.2. The summed E-state index contributed by atoms with van der Waals surface area (Å²) < 4.78 is 27.0. The Hall–Kier alpha value is -3.40. The number of nitrogens with one attached hydrogen (secondary N) is 3. The number of likely N-dealkylation sites (N-methyl/N-ethyl adjacent to an activating group) is 2. The van der Waals surface area contributed by atoms with E-state index in [9.17, 15) is 28.2 Å². The van der Waals surface area contributed by atoms with E-state index in [1.54, 1.807) is 23.8 Å². The normalized spacial score (nSPS) is 19.4. The van der Waals surface area contributed by atoms with Gasteiger partial charge in [0.2, 0.25) is 23.6 Å². The lowest BCUT2D eigenvalue weighted by Gasteiger charge is -2.39. The second-order valence-electron chi connectivity index (χ2n) is 16.4. The third-order valence-corrected chi connectivity index (χ3v) is 12.6. The van der Waals surface area contributed by atoms with Crippen LogP contribution in [0, 0.1) is 17.8 Å². The second-order valence-corrected chi connectivity index (χ2v) is 17.9. The molecule has 1 heterocycles. The number of benzene rings is 1. The van der Waals surface area contributed by atoms with Crippen molar-refractivity contribution in [3.8, 4) is 0 Å². The molecule has 9 atom stereocenters. The lowest BCUT2D eigenvalue weighted by atomic mass is 9.90. The van der Waals surface area contributed by atoms with E-state index in [0.717, 1.165) is 24.8 Å². The molecule has 0 aromatic heterocycles. The first-order valence-electron chi connectivity index (χ1n) is 21.1. The first kappa shape index (κ1) is 50.7. The van der Waals surface area contributed by atoms with Gasteiger partial charge in [-0.15, -0.1) is 0 Å². The van der Waals surface area contributed by atoms with Crippen LogP contribution in [0.2, 0.25) is 0 Å². The zero-order valence-electron chi connectivity index (χ0n) is 37.2. The first-order valence-corrected chi connectivity index (χ1v) is 22.3. The highest BCUT2D eigenvalue weighted by Gasteiger charge is 2.43. The van der Waals surface area contributed by atoms with Gasteiger partial charge in [-0.05, 0) is 57.2 Å². The number of amides is 5. The minimum absolute atomic E-state index is 0.00347. The predicted molar refractivity (Wildman–Crippen MR) is 229 cm³/mol. The van der Waals surface area contributed by atoms with E-state index in [4.69, 9.17) is 9.47 Å². The fourth-order valence-electron chi connectivity index (χ4n) is 7.75. The fourth-order valence-corrected chi connectivity index (χ4v) is 8.82. The van der Waals surface area contributed by atoms with Crippen LogP contribution in [0.1, 0.15) is 99.0 Å². The number of carbonyl (C=O) groups is 5. The molecule has 8 unspecified atom stereocenters. The Kier molecular flexibility index (Phi) is 22.1. The van der Waals surface area contributed by atoms with Gasteiger partial charge in [-0.2, -0.15) is 0 Å². The van der Waals surface area contributed by atoms with Gasteiger partial charge in [-0.3, -0.25) is 33.6 Å². The Morgan fingerprint density at radius 3 is 2.03 bits per heavy atom. The molecule has 1 aliphatic carbocycles. The van der Waals surface area contributed by atoms with Crippen molar-refractivity contribution in [1.29, 1.82) is 0 Å². The summed E-state index contributed by atoms with van der Waals surface area (Å²) in [4.78, 5) is 72.9. The molecule has 58 heavy (non-hydrogen) atoms. The van der Waals surface area contributed by atoms with E-state index in [1.807, 2.05) is 77.0 Å². The van der Waals surface area contributed by atoms with Gasteiger partial charge >= 0.3 is 0 Å². The molecule has 15 heteroatoms. The molecule has 1 aliphatic heterocycles. The van der Waals surface area contributed by atoms with Crippen LogP contribution in [-0.2, 0) is 50.9 Å². The Bertz CT molecular complexity index is 1470. The van der Waals surface area contributed by atoms with Crippen molar-refractivity contribution in [1.82, 2.24) is 30.1 Å². The third-order valence-electron chi connectivity index (χ3n) is 11.1. The SMILES string of the molecule is CCC.CCC(C)C([C@@H](CC(=O)N1CCCC1C(OC)C(C)C(=O)NC(Cc1ccccc1)C(=O)NS(=O)C1CC1)OC)N(C)C(=O)CNC(=O)C(C(C)C)N(C)C. The quantitative estimate of drug-likeness (QED) is 0.158. The van der Waals surface area contributed by atoms with Gasteiger partial charge in [0.05, 0.1) is 54.5 Å². The zero-order valence-corrected chi connectivity index (χ0v) is 38.1. The Morgan fingerprint density at radius 1 is 0.897 bits per heavy atom. The molecule has 1 saturated carbocycles. The van der Waals surface area contributed by atoms with Crippen LogP contribution in [0.4, 0.5) is 0 Å². The number of ether oxygens (including phenoxy) is 2. The van der Waals surface area contributed by atoms with Crippen molar-refractivity contribution in [2.24, 2.45) is 17.8 Å². The van der Waals surface area contributed by atoms with Crippen LogP contribution in [0.25, 0.3) is 0 Å². The van der Waals surface area contributed by atoms with Gasteiger partial charge in [-0.1, -0.05) is 91.6 Å². The number of hydrogen-bond donors (Lipinski definition) is 3. The van der Waals surface area contributed by atoms with E-state index in [0.29, 0.717) is 19.4 Å². The molecule has 1 saturated heterocycles. The predicted octanol–water partition coefficient (Wildman–Crippen LogP) is 3.70. The standard InChI is InChI=1S/C40H66N6O8S.C3H8/c1-11-26(4)36(45(8)34(48)24-41-40(51)35(25(2)3)44(6)7)32(53-9)23-33(47)46-21-15-18-31(46)37(54-10)27(5)38(49)42-30(22-28-16-13-12-14-17-28)39(50)43-55(52)29-19-20-29;1-3-2/h12-14,16-17,25-27,29-32,35-37H,11,15,18-24H2,1-10H3,(H,41,51)(H,42,49)(H,43,50);3H2,1-2H3/t26?,27?,30?,31?,32-,35?,36?,37?,55?;/m1./s1. The number of likely N-dealkylation sites (tertiary alicyclic amines) is 1. The highest BCUT2D eigenvalue weighted by molar-refractivity contribution is 7.84. The second kappa shape index (κ2) is 25.3. The van der Waals surface area contributed by atoms with Gasteiger partial charge in [0.1, 0.15) is 17.0 Å². The van der Waals surface area contributed by atoms with Crippen LogP contribution in [0.3, 0.4) is 0 Å². The molecule has 0 bridgehead atoms. The van der Waals surface area contributed by atoms with E-state index in [-0.39, 0.29) is 60.2 Å². The third kappa shape index (κ3) is 15.0. The molecule has 1 aromatic carbocycles. The summed E-state index contributed by atoms with van der Waals surface area (Å²) in [6.07, 6.45) is 3.78. The average Bonchev–Trinajstić information content (AvgIpc) is 3.93. The molecule has 0 radical (unpaired) electrons. The topological polar surface area (TPSA) is 167 Å². The van der Waals surface area contributed by atoms with E-state index in [2.05, 4.69) is 29.2 Å². The van der Waals surface area contributed by atoms with Crippen LogP contribution in [0.15, 0.2) is 30.3 Å². The number of hydrogen-bond acceptors (Lipinski definition) is 9. The monoisotopic (exact) mass is 835 g/mol. The van der Waals surface area contributed by atoms with Gasteiger partial charge in [0, 0.05) is 34.2 Å². The van der Waals surface area contributed by atoms with Crippen molar-refractivity contribution in [3.63, 3.8) is 0 Å². The van der Waals surface area contributed by atoms with Gasteiger partial charge in [0.15, 0.2) is 0 Å². The number of nitrogens with zero attached hydrogens (tertiary/aromatic N) is 3. The van der Waals surface area contributed by atoms with Gasteiger partial charge < -0.3 is 29.9 Å². The number of rotatable bonds is 22. The molecular weight excluding hydrogens is 761 g/mol. The first-order chi connectivity index (χ1) is 27.5. The molecule has 2 aliphatic rings. The number of carbonyl (C=O) groups excluding carboxylic acids is 5. The Labute approximate surface area is 350 Å². The number of methoxy groups -OCH3 is 2. The van der Waals surface area contributed by atoms with Gasteiger partial charge in [-0.25, -0.2) is 4.21 Å². The average molecular weight is 835 g/mol. The molecule has 1 aromatic rings. The maximum absolute atomic E-state index is 14.1.